The van der Waals surface area contributed by atoms with Crippen LogP contribution in [-0.4, -0.2) is 18.6 Å². The summed E-state index contributed by atoms with van der Waals surface area (Å²) < 4.78 is 0. The van der Waals surface area contributed by atoms with E-state index in [0.717, 1.165) is 32.2 Å². The molecule has 1 saturated carbocycles. The van der Waals surface area contributed by atoms with Gasteiger partial charge >= 0.3 is 6.03 Å². The number of rotatable bonds is 3. The molecule has 1 atom stereocenters. The van der Waals surface area contributed by atoms with Crippen LogP contribution in [0.5, 0.6) is 0 Å². The van der Waals surface area contributed by atoms with Crippen LogP contribution >= 0.6 is 0 Å². The second-order valence-corrected chi connectivity index (χ2v) is 5.77. The number of urea groups is 1. The second-order valence-electron chi connectivity index (χ2n) is 5.77. The van der Waals surface area contributed by atoms with Crippen molar-refractivity contribution in [2.75, 3.05) is 6.54 Å². The van der Waals surface area contributed by atoms with E-state index in [1.165, 1.54) is 24.0 Å². The van der Waals surface area contributed by atoms with Gasteiger partial charge in [0.05, 0.1) is 0 Å². The van der Waals surface area contributed by atoms with Crippen molar-refractivity contribution in [3.63, 3.8) is 0 Å². The summed E-state index contributed by atoms with van der Waals surface area (Å²) in [6.45, 7) is 0.759. The fraction of sp³-hybridized carbons (Fsp3) is 0.562. The molecule has 3 nitrogen and oxygen atoms in total. The number of fused-ring (bicyclic) bond motifs is 1. The summed E-state index contributed by atoms with van der Waals surface area (Å²) in [4.78, 5) is 11.8. The minimum absolute atomic E-state index is 0.0104. The zero-order valence-corrected chi connectivity index (χ0v) is 11.3. The van der Waals surface area contributed by atoms with Gasteiger partial charge in [-0.25, -0.2) is 4.79 Å². The average molecular weight is 258 g/mol. The molecule has 0 bridgehead atoms. The number of benzene rings is 1. The van der Waals surface area contributed by atoms with Crippen LogP contribution in [0, 0.1) is 0 Å². The smallest absolute Gasteiger partial charge is 0.315 e. The van der Waals surface area contributed by atoms with Crippen molar-refractivity contribution >= 4 is 6.03 Å². The minimum atomic E-state index is 0.0104. The van der Waals surface area contributed by atoms with Crippen molar-refractivity contribution in [3.05, 3.63) is 35.4 Å². The maximum Gasteiger partial charge on any atom is 0.315 e. The van der Waals surface area contributed by atoms with E-state index in [2.05, 4.69) is 34.9 Å². The Labute approximate surface area is 114 Å². The molecular weight excluding hydrogens is 236 g/mol. The van der Waals surface area contributed by atoms with Crippen molar-refractivity contribution in [3.8, 4) is 0 Å². The molecule has 2 aliphatic rings. The number of amides is 2. The molecule has 3 rings (SSSR count). The highest BCUT2D eigenvalue weighted by Gasteiger charge is 2.23. The lowest BCUT2D eigenvalue weighted by Gasteiger charge is -2.16. The van der Waals surface area contributed by atoms with Gasteiger partial charge in [-0.3, -0.25) is 0 Å². The Kier molecular flexibility index (Phi) is 3.72. The molecule has 0 unspecified atom stereocenters. The van der Waals surface area contributed by atoms with Crippen molar-refractivity contribution in [2.24, 2.45) is 0 Å². The molecule has 1 aromatic rings. The van der Waals surface area contributed by atoms with E-state index in [9.17, 15) is 4.79 Å². The van der Waals surface area contributed by atoms with Crippen LogP contribution < -0.4 is 10.6 Å². The number of carbonyl (C=O) groups is 1. The second kappa shape index (κ2) is 5.64. The van der Waals surface area contributed by atoms with Gasteiger partial charge in [-0.2, -0.15) is 0 Å². The highest BCUT2D eigenvalue weighted by molar-refractivity contribution is 5.74. The minimum Gasteiger partial charge on any atom is -0.338 e. The zero-order valence-electron chi connectivity index (χ0n) is 11.3. The average Bonchev–Trinajstić information content (AvgIpc) is 3.05. The third-order valence-electron chi connectivity index (χ3n) is 4.46. The van der Waals surface area contributed by atoms with Gasteiger partial charge in [-0.05, 0) is 36.8 Å². The first-order chi connectivity index (χ1) is 9.33. The standard InChI is InChI=1S/C16H22N2O/c19-16(18-14-6-2-3-7-14)17-11-13-10-9-12-5-1-4-8-15(12)13/h1,4-5,8,13-14H,2-3,6-7,9-11H2,(H2,17,18,19)/t13-/m1/s1. The maximum atomic E-state index is 11.8. The Morgan fingerprint density at radius 3 is 2.79 bits per heavy atom. The van der Waals surface area contributed by atoms with E-state index in [4.69, 9.17) is 0 Å². The van der Waals surface area contributed by atoms with Crippen molar-refractivity contribution < 1.29 is 4.79 Å². The Bertz CT molecular complexity index is 452. The van der Waals surface area contributed by atoms with Gasteiger partial charge in [0.1, 0.15) is 0 Å². The van der Waals surface area contributed by atoms with Crippen LogP contribution in [0.3, 0.4) is 0 Å². The Hall–Kier alpha value is -1.51. The largest absolute Gasteiger partial charge is 0.338 e. The van der Waals surface area contributed by atoms with Gasteiger partial charge in [0, 0.05) is 18.5 Å². The summed E-state index contributed by atoms with van der Waals surface area (Å²) in [5.41, 5.74) is 2.87. The van der Waals surface area contributed by atoms with E-state index in [1.54, 1.807) is 0 Å². The van der Waals surface area contributed by atoms with Crippen molar-refractivity contribution in [2.45, 2.75) is 50.5 Å². The first kappa shape index (κ1) is 12.5. The van der Waals surface area contributed by atoms with Crippen LogP contribution in [0.15, 0.2) is 24.3 Å². The lowest BCUT2D eigenvalue weighted by Crippen LogP contribution is -2.42. The molecule has 2 N–H and O–H groups in total. The van der Waals surface area contributed by atoms with Gasteiger partial charge < -0.3 is 10.6 Å². The van der Waals surface area contributed by atoms with Gasteiger partial charge in [0.2, 0.25) is 0 Å². The molecule has 19 heavy (non-hydrogen) atoms. The number of aryl methyl sites for hydroxylation is 1. The van der Waals surface area contributed by atoms with Crippen LogP contribution in [0.2, 0.25) is 0 Å². The van der Waals surface area contributed by atoms with Gasteiger partial charge in [0.15, 0.2) is 0 Å². The number of carbonyl (C=O) groups excluding carboxylic acids is 1. The van der Waals surface area contributed by atoms with Crippen LogP contribution in [-0.2, 0) is 6.42 Å². The summed E-state index contributed by atoms with van der Waals surface area (Å²) >= 11 is 0. The van der Waals surface area contributed by atoms with Gasteiger partial charge in [0.25, 0.3) is 0 Å². The molecule has 0 radical (unpaired) electrons. The highest BCUT2D eigenvalue weighted by atomic mass is 16.2. The Morgan fingerprint density at radius 2 is 1.95 bits per heavy atom. The van der Waals surface area contributed by atoms with Crippen LogP contribution in [0.4, 0.5) is 4.79 Å². The van der Waals surface area contributed by atoms with Crippen molar-refractivity contribution in [1.29, 1.82) is 0 Å². The molecule has 0 aliphatic heterocycles. The normalized spacial score (nSPS) is 22.2. The predicted octanol–water partition coefficient (Wildman–Crippen LogP) is 2.96. The molecular formula is C16H22N2O. The van der Waals surface area contributed by atoms with E-state index in [0.29, 0.717) is 12.0 Å². The quantitative estimate of drug-likeness (QED) is 0.860. The lowest BCUT2D eigenvalue weighted by atomic mass is 10.0. The maximum absolute atomic E-state index is 11.8. The number of hydrogen-bond donors (Lipinski definition) is 2. The Morgan fingerprint density at radius 1 is 1.16 bits per heavy atom. The van der Waals surface area contributed by atoms with Crippen LogP contribution in [0.1, 0.15) is 49.1 Å². The molecule has 1 fully saturated rings. The molecule has 2 aliphatic carbocycles. The first-order valence-corrected chi connectivity index (χ1v) is 7.45. The summed E-state index contributed by atoms with van der Waals surface area (Å²) in [7, 11) is 0. The fourth-order valence-electron chi connectivity index (χ4n) is 3.38. The molecule has 3 heteroatoms. The fourth-order valence-corrected chi connectivity index (χ4v) is 3.38. The number of nitrogens with one attached hydrogen (secondary N) is 2. The van der Waals surface area contributed by atoms with E-state index < -0.39 is 0 Å². The Balaban J connectivity index is 1.49. The third kappa shape index (κ3) is 2.91. The SMILES string of the molecule is O=C(NC[C@H]1CCc2ccccc21)NC1CCCC1. The first-order valence-electron chi connectivity index (χ1n) is 7.45. The third-order valence-corrected chi connectivity index (χ3v) is 4.46. The molecule has 0 heterocycles. The van der Waals surface area contributed by atoms with E-state index in [-0.39, 0.29) is 6.03 Å². The topological polar surface area (TPSA) is 41.1 Å². The summed E-state index contributed by atoms with van der Waals surface area (Å²) in [6, 6.07) is 9.00. The predicted molar refractivity (Wildman–Crippen MR) is 76.3 cm³/mol. The van der Waals surface area contributed by atoms with Gasteiger partial charge in [-0.15, -0.1) is 0 Å². The van der Waals surface area contributed by atoms with E-state index in [1.807, 2.05) is 0 Å². The molecule has 102 valence electrons. The molecule has 1 aromatic carbocycles. The molecule has 0 aromatic heterocycles. The lowest BCUT2D eigenvalue weighted by molar-refractivity contribution is 0.236. The summed E-state index contributed by atoms with van der Waals surface area (Å²) in [6.07, 6.45) is 7.08. The zero-order chi connectivity index (χ0) is 13.1. The van der Waals surface area contributed by atoms with Crippen LogP contribution in [0.25, 0.3) is 0 Å². The van der Waals surface area contributed by atoms with Crippen molar-refractivity contribution in [1.82, 2.24) is 10.6 Å². The van der Waals surface area contributed by atoms with E-state index >= 15 is 0 Å². The highest BCUT2D eigenvalue weighted by Crippen LogP contribution is 2.32. The monoisotopic (exact) mass is 258 g/mol. The molecule has 0 spiro atoms. The summed E-state index contributed by atoms with van der Waals surface area (Å²) in [5, 5.41) is 6.12. The molecule has 2 amide bonds. The molecule has 0 saturated heterocycles. The number of hydrogen-bond acceptors (Lipinski definition) is 1. The van der Waals surface area contributed by atoms with Gasteiger partial charge in [-0.1, -0.05) is 37.1 Å². The summed E-state index contributed by atoms with van der Waals surface area (Å²) in [5.74, 6) is 0.491.